The molecule has 4 rings (SSSR count). The molecule has 2 aromatic rings. The molecule has 2 aromatic carbocycles. The Morgan fingerprint density at radius 3 is 2.15 bits per heavy atom. The van der Waals surface area contributed by atoms with Crippen molar-refractivity contribution in [3.8, 4) is 0 Å². The zero-order valence-electron chi connectivity index (χ0n) is 18.8. The minimum Gasteiger partial charge on any atom is -0.350 e. The molecule has 34 heavy (non-hydrogen) atoms. The number of halogens is 2. The van der Waals surface area contributed by atoms with E-state index in [1.807, 2.05) is 0 Å². The van der Waals surface area contributed by atoms with Gasteiger partial charge < -0.3 is 20.9 Å². The highest BCUT2D eigenvalue weighted by atomic mass is 35.5. The summed E-state index contributed by atoms with van der Waals surface area (Å²) in [6, 6.07) is 11.8. The van der Waals surface area contributed by atoms with Crippen molar-refractivity contribution in [2.45, 2.75) is 50.4 Å². The van der Waals surface area contributed by atoms with Gasteiger partial charge in [-0.25, -0.2) is 4.39 Å². The first-order valence-corrected chi connectivity index (χ1v) is 11.9. The van der Waals surface area contributed by atoms with Crippen LogP contribution in [0.5, 0.6) is 0 Å². The molecule has 1 saturated heterocycles. The minimum absolute atomic E-state index is 0.0761. The number of carbonyl (C=O) groups is 3. The van der Waals surface area contributed by atoms with Gasteiger partial charge in [-0.15, -0.1) is 0 Å². The van der Waals surface area contributed by atoms with Crippen molar-refractivity contribution in [3.05, 3.63) is 70.5 Å². The first-order chi connectivity index (χ1) is 16.3. The maximum atomic E-state index is 13.8. The van der Waals surface area contributed by atoms with Gasteiger partial charge in [0, 0.05) is 41.3 Å². The highest BCUT2D eigenvalue weighted by Crippen LogP contribution is 2.23. The van der Waals surface area contributed by atoms with Crippen LogP contribution < -0.4 is 11.1 Å². The Kier molecular flexibility index (Phi) is 7.48. The molecule has 0 spiro atoms. The van der Waals surface area contributed by atoms with Gasteiger partial charge in [-0.3, -0.25) is 14.4 Å². The third kappa shape index (κ3) is 5.39. The lowest BCUT2D eigenvalue weighted by Crippen LogP contribution is -2.64. The molecule has 1 atom stereocenters. The van der Waals surface area contributed by atoms with Crippen LogP contribution in [0.1, 0.15) is 52.8 Å². The van der Waals surface area contributed by atoms with Gasteiger partial charge in [0.2, 0.25) is 0 Å². The standard InChI is InChI=1S/C25H28ClFN4O3/c26-18-7-5-16(6-8-18)24(33)30-13-2-14-31(25(34)17-3-1-4-19(27)15-17)23(30)22(32)29-21-11-9-20(28)10-12-21/h1,3-8,15,20-21,23H,2,9-14,28H2,(H,29,32). The molecule has 0 bridgehead atoms. The van der Waals surface area contributed by atoms with Gasteiger partial charge in [-0.2, -0.15) is 0 Å². The monoisotopic (exact) mass is 486 g/mol. The Bertz CT molecular complexity index is 1060. The summed E-state index contributed by atoms with van der Waals surface area (Å²) >= 11 is 5.96. The van der Waals surface area contributed by atoms with E-state index in [1.165, 1.54) is 28.0 Å². The first-order valence-electron chi connectivity index (χ1n) is 11.5. The van der Waals surface area contributed by atoms with Crippen LogP contribution in [-0.2, 0) is 4.79 Å². The van der Waals surface area contributed by atoms with Gasteiger partial charge in [0.15, 0.2) is 6.17 Å². The number of nitrogens with zero attached hydrogens (tertiary/aromatic N) is 2. The van der Waals surface area contributed by atoms with Crippen molar-refractivity contribution in [1.82, 2.24) is 15.1 Å². The van der Waals surface area contributed by atoms with E-state index in [0.29, 0.717) is 23.6 Å². The second-order valence-electron chi connectivity index (χ2n) is 8.86. The minimum atomic E-state index is -1.15. The van der Waals surface area contributed by atoms with Crippen molar-refractivity contribution in [2.75, 3.05) is 13.1 Å². The van der Waals surface area contributed by atoms with E-state index in [1.54, 1.807) is 24.3 Å². The quantitative estimate of drug-likeness (QED) is 0.693. The molecule has 1 aliphatic heterocycles. The van der Waals surface area contributed by atoms with Crippen molar-refractivity contribution >= 4 is 29.3 Å². The Balaban J connectivity index is 1.63. The fraction of sp³-hybridized carbons (Fsp3) is 0.400. The lowest BCUT2D eigenvalue weighted by molar-refractivity contribution is -0.133. The summed E-state index contributed by atoms with van der Waals surface area (Å²) < 4.78 is 13.8. The molecule has 1 heterocycles. The number of nitrogens with two attached hydrogens (primary N) is 1. The number of amides is 3. The molecule has 1 saturated carbocycles. The van der Waals surface area contributed by atoms with Gasteiger partial charge in [-0.1, -0.05) is 17.7 Å². The Morgan fingerprint density at radius 1 is 0.912 bits per heavy atom. The summed E-state index contributed by atoms with van der Waals surface area (Å²) in [6.07, 6.45) is 2.42. The zero-order valence-corrected chi connectivity index (χ0v) is 19.5. The normalized spacial score (nSPS) is 22.9. The maximum Gasteiger partial charge on any atom is 0.264 e. The van der Waals surface area contributed by atoms with Gasteiger partial charge in [-0.05, 0) is 74.6 Å². The molecular formula is C25H28ClFN4O3. The number of nitrogens with one attached hydrogen (secondary N) is 1. The first kappa shape index (κ1) is 24.2. The summed E-state index contributed by atoms with van der Waals surface area (Å²) in [7, 11) is 0. The molecular weight excluding hydrogens is 459 g/mol. The van der Waals surface area contributed by atoms with E-state index in [-0.39, 0.29) is 30.1 Å². The number of hydrogen-bond acceptors (Lipinski definition) is 4. The summed E-state index contributed by atoms with van der Waals surface area (Å²) in [5.74, 6) is -1.85. The molecule has 0 aromatic heterocycles. The number of carbonyl (C=O) groups excluding carboxylic acids is 3. The van der Waals surface area contributed by atoms with Crippen LogP contribution in [0.4, 0.5) is 4.39 Å². The van der Waals surface area contributed by atoms with E-state index in [0.717, 1.165) is 31.7 Å². The fourth-order valence-corrected chi connectivity index (χ4v) is 4.74. The van der Waals surface area contributed by atoms with Crippen molar-refractivity contribution < 1.29 is 18.8 Å². The van der Waals surface area contributed by atoms with Crippen LogP contribution >= 0.6 is 11.6 Å². The smallest absolute Gasteiger partial charge is 0.264 e. The number of rotatable bonds is 4. The molecule has 2 fully saturated rings. The summed E-state index contributed by atoms with van der Waals surface area (Å²) in [5, 5.41) is 3.51. The molecule has 2 aliphatic rings. The van der Waals surface area contributed by atoms with Crippen LogP contribution in [0.15, 0.2) is 48.5 Å². The molecule has 3 amide bonds. The number of benzene rings is 2. The molecule has 9 heteroatoms. The van der Waals surface area contributed by atoms with Gasteiger partial charge in [0.1, 0.15) is 5.82 Å². The molecule has 7 nitrogen and oxygen atoms in total. The van der Waals surface area contributed by atoms with Gasteiger partial charge >= 0.3 is 0 Å². The van der Waals surface area contributed by atoms with E-state index in [4.69, 9.17) is 17.3 Å². The molecule has 0 radical (unpaired) electrons. The van der Waals surface area contributed by atoms with Crippen molar-refractivity contribution in [1.29, 1.82) is 0 Å². The van der Waals surface area contributed by atoms with Crippen molar-refractivity contribution in [2.24, 2.45) is 5.73 Å². The molecule has 180 valence electrons. The Labute approximate surface area is 203 Å². The Morgan fingerprint density at radius 2 is 1.53 bits per heavy atom. The predicted molar refractivity (Wildman–Crippen MR) is 127 cm³/mol. The summed E-state index contributed by atoms with van der Waals surface area (Å²) in [5.41, 5.74) is 6.48. The van der Waals surface area contributed by atoms with Crippen LogP contribution in [0.3, 0.4) is 0 Å². The topological polar surface area (TPSA) is 95.7 Å². The molecule has 1 aliphatic carbocycles. The predicted octanol–water partition coefficient (Wildman–Crippen LogP) is 3.18. The van der Waals surface area contributed by atoms with Crippen LogP contribution in [0.2, 0.25) is 5.02 Å². The second-order valence-corrected chi connectivity index (χ2v) is 9.30. The SMILES string of the molecule is NC1CCC(NC(=O)C2N(C(=O)c3ccc(Cl)cc3)CCCN2C(=O)c2cccc(F)c2)CC1. The van der Waals surface area contributed by atoms with E-state index in [2.05, 4.69) is 5.32 Å². The van der Waals surface area contributed by atoms with Crippen LogP contribution in [0.25, 0.3) is 0 Å². The van der Waals surface area contributed by atoms with E-state index >= 15 is 0 Å². The van der Waals surface area contributed by atoms with E-state index < -0.39 is 23.8 Å². The lowest BCUT2D eigenvalue weighted by atomic mass is 9.91. The maximum absolute atomic E-state index is 13.8. The molecule has 1 unspecified atom stereocenters. The highest BCUT2D eigenvalue weighted by molar-refractivity contribution is 6.30. The zero-order chi connectivity index (χ0) is 24.2. The van der Waals surface area contributed by atoms with Gasteiger partial charge in [0.25, 0.3) is 17.7 Å². The average Bonchev–Trinajstić information content (AvgIpc) is 2.84. The van der Waals surface area contributed by atoms with Crippen LogP contribution in [-0.4, -0.2) is 58.9 Å². The fourth-order valence-electron chi connectivity index (χ4n) is 4.62. The van der Waals surface area contributed by atoms with Crippen LogP contribution in [0, 0.1) is 5.82 Å². The highest BCUT2D eigenvalue weighted by Gasteiger charge is 2.41. The summed E-state index contributed by atoms with van der Waals surface area (Å²) in [6.45, 7) is 0.579. The average molecular weight is 487 g/mol. The Hall–Kier alpha value is -2.97. The largest absolute Gasteiger partial charge is 0.350 e. The van der Waals surface area contributed by atoms with Gasteiger partial charge in [0.05, 0.1) is 0 Å². The second kappa shape index (κ2) is 10.5. The third-order valence-electron chi connectivity index (χ3n) is 6.43. The van der Waals surface area contributed by atoms with E-state index in [9.17, 15) is 18.8 Å². The third-order valence-corrected chi connectivity index (χ3v) is 6.68. The lowest BCUT2D eigenvalue weighted by Gasteiger charge is -2.43. The summed E-state index contributed by atoms with van der Waals surface area (Å²) in [4.78, 5) is 43.1. The number of hydrogen-bond donors (Lipinski definition) is 2. The molecule has 3 N–H and O–H groups in total. The van der Waals surface area contributed by atoms with Crippen molar-refractivity contribution in [3.63, 3.8) is 0 Å².